The van der Waals surface area contributed by atoms with Crippen LogP contribution in [-0.2, 0) is 10.3 Å². The third kappa shape index (κ3) is 2.87. The monoisotopic (exact) mass is 288 g/mol. The molecule has 1 aromatic rings. The molecule has 116 valence electrons. The lowest BCUT2D eigenvalue weighted by molar-refractivity contribution is -0.00231. The van der Waals surface area contributed by atoms with E-state index in [2.05, 4.69) is 47.5 Å². The van der Waals surface area contributed by atoms with Gasteiger partial charge >= 0.3 is 0 Å². The number of hydrogen-bond donors (Lipinski definition) is 1. The molecule has 0 bridgehead atoms. The fourth-order valence-electron chi connectivity index (χ4n) is 4.06. The molecule has 1 aromatic carbocycles. The van der Waals surface area contributed by atoms with E-state index in [9.17, 15) is 0 Å². The van der Waals surface area contributed by atoms with Gasteiger partial charge in [0.2, 0.25) is 0 Å². The third-order valence-corrected chi connectivity index (χ3v) is 5.52. The van der Waals surface area contributed by atoms with Gasteiger partial charge in [-0.1, -0.05) is 43.2 Å². The summed E-state index contributed by atoms with van der Waals surface area (Å²) in [5.74, 6) is 0. The molecule has 0 aromatic heterocycles. The zero-order valence-corrected chi connectivity index (χ0v) is 13.4. The van der Waals surface area contributed by atoms with E-state index in [1.165, 1.54) is 31.2 Å². The molecule has 2 fully saturated rings. The summed E-state index contributed by atoms with van der Waals surface area (Å²) in [6.45, 7) is 6.35. The molecule has 1 atom stereocenters. The van der Waals surface area contributed by atoms with Crippen molar-refractivity contribution in [2.45, 2.75) is 43.7 Å². The second-order valence-electron chi connectivity index (χ2n) is 6.90. The van der Waals surface area contributed by atoms with Gasteiger partial charge in [-0.3, -0.25) is 4.90 Å². The van der Waals surface area contributed by atoms with E-state index in [0.29, 0.717) is 5.54 Å². The minimum absolute atomic E-state index is 0.0631. The number of nitrogens with one attached hydrogen (secondary N) is 1. The first kappa shape index (κ1) is 15.0. The van der Waals surface area contributed by atoms with E-state index in [1.807, 2.05) is 0 Å². The van der Waals surface area contributed by atoms with Crippen LogP contribution in [0, 0.1) is 0 Å². The fourth-order valence-corrected chi connectivity index (χ4v) is 4.06. The number of hydrogen-bond acceptors (Lipinski definition) is 3. The van der Waals surface area contributed by atoms with E-state index in [0.717, 1.165) is 26.2 Å². The van der Waals surface area contributed by atoms with Crippen molar-refractivity contribution in [1.82, 2.24) is 10.2 Å². The Balaban J connectivity index is 1.85. The van der Waals surface area contributed by atoms with E-state index < -0.39 is 0 Å². The molecule has 3 rings (SSSR count). The lowest BCUT2D eigenvalue weighted by Gasteiger charge is -2.52. The van der Waals surface area contributed by atoms with Crippen molar-refractivity contribution in [2.75, 3.05) is 33.4 Å². The van der Waals surface area contributed by atoms with Gasteiger partial charge in [-0.2, -0.15) is 0 Å². The predicted molar refractivity (Wildman–Crippen MR) is 86.4 cm³/mol. The third-order valence-electron chi connectivity index (χ3n) is 5.52. The van der Waals surface area contributed by atoms with Gasteiger partial charge in [0.05, 0.1) is 12.1 Å². The Kier molecular flexibility index (Phi) is 4.34. The Morgan fingerprint density at radius 1 is 1.19 bits per heavy atom. The highest BCUT2D eigenvalue weighted by molar-refractivity contribution is 5.26. The van der Waals surface area contributed by atoms with Gasteiger partial charge in [0.15, 0.2) is 0 Å². The number of methoxy groups -OCH3 is 1. The summed E-state index contributed by atoms with van der Waals surface area (Å²) in [4.78, 5) is 2.65. The van der Waals surface area contributed by atoms with Crippen LogP contribution in [0.25, 0.3) is 0 Å². The molecule has 1 aliphatic carbocycles. The fraction of sp³-hybridized carbons (Fsp3) is 0.667. The van der Waals surface area contributed by atoms with Crippen LogP contribution in [0.1, 0.15) is 38.2 Å². The highest BCUT2D eigenvalue weighted by Crippen LogP contribution is 2.39. The van der Waals surface area contributed by atoms with Crippen LogP contribution in [0.3, 0.4) is 0 Å². The van der Waals surface area contributed by atoms with Crippen molar-refractivity contribution in [1.29, 1.82) is 0 Å². The van der Waals surface area contributed by atoms with Crippen molar-refractivity contribution in [3.8, 4) is 0 Å². The zero-order valence-electron chi connectivity index (χ0n) is 13.4. The number of rotatable bonds is 4. The Morgan fingerprint density at radius 3 is 2.57 bits per heavy atom. The molecular formula is C18H28N2O. The van der Waals surface area contributed by atoms with Gasteiger partial charge in [-0.15, -0.1) is 0 Å². The molecule has 1 saturated heterocycles. The normalized spacial score (nSPS) is 29.0. The van der Waals surface area contributed by atoms with Gasteiger partial charge in [0.25, 0.3) is 0 Å². The van der Waals surface area contributed by atoms with E-state index in [1.54, 1.807) is 7.11 Å². The molecule has 0 radical (unpaired) electrons. The van der Waals surface area contributed by atoms with Crippen LogP contribution < -0.4 is 5.32 Å². The highest BCUT2D eigenvalue weighted by atomic mass is 16.5. The smallest absolute Gasteiger partial charge is 0.0590 e. The van der Waals surface area contributed by atoms with Gasteiger partial charge < -0.3 is 10.1 Å². The summed E-state index contributed by atoms with van der Waals surface area (Å²) in [7, 11) is 1.80. The minimum atomic E-state index is 0.0631. The zero-order chi connectivity index (χ0) is 14.8. The second kappa shape index (κ2) is 6.07. The minimum Gasteiger partial charge on any atom is -0.383 e. The standard InChI is InChI=1S/C18H28N2O/c1-17(16-8-4-3-5-9-16)14-19-18(10-6-7-11-18)15-20(17)12-13-21-2/h3-5,8-9,19H,6-7,10-15H2,1-2H3. The SMILES string of the molecule is COCCN1CC2(CCCC2)NCC1(C)c1ccccc1. The van der Waals surface area contributed by atoms with Crippen LogP contribution in [0.15, 0.2) is 30.3 Å². The molecule has 2 aliphatic rings. The second-order valence-corrected chi connectivity index (χ2v) is 6.90. The van der Waals surface area contributed by atoms with E-state index >= 15 is 0 Å². The molecule has 1 spiro atoms. The molecule has 1 heterocycles. The number of piperazine rings is 1. The maximum atomic E-state index is 5.36. The van der Waals surface area contributed by atoms with Crippen LogP contribution >= 0.6 is 0 Å². The van der Waals surface area contributed by atoms with Crippen molar-refractivity contribution >= 4 is 0 Å². The van der Waals surface area contributed by atoms with Gasteiger partial charge in [0, 0.05) is 32.3 Å². The van der Waals surface area contributed by atoms with Crippen LogP contribution in [-0.4, -0.2) is 43.8 Å². The number of benzene rings is 1. The number of ether oxygens (including phenoxy) is 1. The largest absolute Gasteiger partial charge is 0.383 e. The molecule has 1 N–H and O–H groups in total. The summed E-state index contributed by atoms with van der Waals surface area (Å²) in [6.07, 6.45) is 5.38. The van der Waals surface area contributed by atoms with E-state index in [-0.39, 0.29) is 5.54 Å². The molecule has 0 amide bonds. The molecule has 1 unspecified atom stereocenters. The van der Waals surface area contributed by atoms with Crippen LogP contribution in [0.4, 0.5) is 0 Å². The first-order chi connectivity index (χ1) is 10.2. The van der Waals surface area contributed by atoms with Gasteiger partial charge in [-0.05, 0) is 25.3 Å². The Hall–Kier alpha value is -0.900. The Morgan fingerprint density at radius 2 is 1.90 bits per heavy atom. The Labute approximate surface area is 128 Å². The van der Waals surface area contributed by atoms with Crippen molar-refractivity contribution in [3.63, 3.8) is 0 Å². The summed E-state index contributed by atoms with van der Waals surface area (Å²) >= 11 is 0. The molecule has 3 heteroatoms. The van der Waals surface area contributed by atoms with Gasteiger partial charge in [0.1, 0.15) is 0 Å². The highest BCUT2D eigenvalue weighted by Gasteiger charge is 2.46. The molecule has 21 heavy (non-hydrogen) atoms. The van der Waals surface area contributed by atoms with E-state index in [4.69, 9.17) is 4.74 Å². The average Bonchev–Trinajstić information content (AvgIpc) is 2.98. The van der Waals surface area contributed by atoms with Gasteiger partial charge in [-0.25, -0.2) is 0 Å². The topological polar surface area (TPSA) is 24.5 Å². The van der Waals surface area contributed by atoms with Crippen LogP contribution in [0.5, 0.6) is 0 Å². The predicted octanol–water partition coefficient (Wildman–Crippen LogP) is 2.77. The molecule has 3 nitrogen and oxygen atoms in total. The van der Waals surface area contributed by atoms with Crippen LogP contribution in [0.2, 0.25) is 0 Å². The van der Waals surface area contributed by atoms with Crippen molar-refractivity contribution in [2.24, 2.45) is 0 Å². The van der Waals surface area contributed by atoms with Crippen molar-refractivity contribution < 1.29 is 4.74 Å². The molecule has 1 aliphatic heterocycles. The maximum Gasteiger partial charge on any atom is 0.0590 e. The van der Waals surface area contributed by atoms with Crippen molar-refractivity contribution in [3.05, 3.63) is 35.9 Å². The summed E-state index contributed by atoms with van der Waals surface area (Å²) in [5, 5.41) is 3.91. The first-order valence-corrected chi connectivity index (χ1v) is 8.23. The lowest BCUT2D eigenvalue weighted by atomic mass is 9.82. The Bertz CT molecular complexity index is 456. The molecule has 1 saturated carbocycles. The number of nitrogens with zero attached hydrogens (tertiary/aromatic N) is 1. The lowest BCUT2D eigenvalue weighted by Crippen LogP contribution is -2.67. The molecular weight excluding hydrogens is 260 g/mol. The summed E-state index contributed by atoms with van der Waals surface area (Å²) < 4.78 is 5.36. The summed E-state index contributed by atoms with van der Waals surface area (Å²) in [6, 6.07) is 10.9. The first-order valence-electron chi connectivity index (χ1n) is 8.23. The quantitative estimate of drug-likeness (QED) is 0.922. The average molecular weight is 288 g/mol. The summed E-state index contributed by atoms with van der Waals surface area (Å²) in [5.41, 5.74) is 1.82. The maximum absolute atomic E-state index is 5.36.